The summed E-state index contributed by atoms with van der Waals surface area (Å²) < 4.78 is 3.69. The molecule has 3 rings (SSSR count). The monoisotopic (exact) mass is 286 g/mol. The largest absolute Gasteiger partial charge is 0.395 e. The molecule has 0 aliphatic heterocycles. The highest BCUT2D eigenvalue weighted by Crippen LogP contribution is 2.34. The van der Waals surface area contributed by atoms with Crippen molar-refractivity contribution in [3.63, 3.8) is 0 Å². The number of aromatic nitrogens is 5. The molecule has 0 unspecified atom stereocenters. The van der Waals surface area contributed by atoms with Gasteiger partial charge < -0.3 is 10.3 Å². The van der Waals surface area contributed by atoms with Gasteiger partial charge in [0.2, 0.25) is 0 Å². The number of nitrogens with zero attached hydrogens (tertiary/aromatic N) is 5. The fourth-order valence-electron chi connectivity index (χ4n) is 1.81. The van der Waals surface area contributed by atoms with E-state index in [2.05, 4.69) is 15.3 Å². The van der Waals surface area contributed by atoms with E-state index in [9.17, 15) is 0 Å². The summed E-state index contributed by atoms with van der Waals surface area (Å²) in [5.74, 6) is 0. The number of rotatable bonds is 3. The van der Waals surface area contributed by atoms with Crippen molar-refractivity contribution in [1.82, 2.24) is 24.5 Å². The second-order valence-corrected chi connectivity index (χ2v) is 5.33. The quantitative estimate of drug-likeness (QED) is 0.797. The highest BCUT2D eigenvalue weighted by molar-refractivity contribution is 7.99. The van der Waals surface area contributed by atoms with Crippen LogP contribution < -0.4 is 5.73 Å². The molecule has 0 aliphatic carbocycles. The van der Waals surface area contributed by atoms with Gasteiger partial charge in [0.1, 0.15) is 11.4 Å². The number of nitrogen functional groups attached to an aromatic ring is 1. The number of nitrogens with two attached hydrogens (primary N) is 1. The Balaban J connectivity index is 2.08. The molecule has 2 heterocycles. The van der Waals surface area contributed by atoms with Crippen molar-refractivity contribution in [2.75, 3.05) is 5.73 Å². The molecule has 0 saturated carbocycles. The first-order valence-corrected chi connectivity index (χ1v) is 6.91. The summed E-state index contributed by atoms with van der Waals surface area (Å²) in [5.41, 5.74) is 8.59. The molecule has 0 radical (unpaired) electrons. The molecule has 0 spiro atoms. The summed E-state index contributed by atoms with van der Waals surface area (Å²) in [6.07, 6.45) is 1.66. The van der Waals surface area contributed by atoms with Crippen LogP contribution in [0, 0.1) is 6.92 Å². The van der Waals surface area contributed by atoms with Crippen LogP contribution in [0.5, 0.6) is 0 Å². The normalized spacial score (nSPS) is 10.9. The zero-order chi connectivity index (χ0) is 14.1. The van der Waals surface area contributed by atoms with E-state index in [-0.39, 0.29) is 0 Å². The lowest BCUT2D eigenvalue weighted by Crippen LogP contribution is -2.00. The molecule has 7 heteroatoms. The first kappa shape index (κ1) is 12.7. The maximum Gasteiger partial charge on any atom is 0.197 e. The van der Waals surface area contributed by atoms with Crippen molar-refractivity contribution < 1.29 is 0 Å². The lowest BCUT2D eigenvalue weighted by molar-refractivity contribution is 0.768. The van der Waals surface area contributed by atoms with Crippen LogP contribution in [0.2, 0.25) is 0 Å². The molecule has 0 saturated heterocycles. The molecule has 1 aromatic carbocycles. The first-order valence-electron chi connectivity index (χ1n) is 6.09. The van der Waals surface area contributed by atoms with E-state index < -0.39 is 0 Å². The minimum Gasteiger partial charge on any atom is -0.395 e. The molecule has 0 fully saturated rings. The standard InChI is InChI=1S/C13H14N6S/c1-9-11(14)12(20-13-16-15-8-18(13)2)19(17-9)10-6-4-3-5-7-10/h3-8H,14H2,1-2H3. The van der Waals surface area contributed by atoms with E-state index in [1.54, 1.807) is 6.33 Å². The summed E-state index contributed by atoms with van der Waals surface area (Å²) in [5, 5.41) is 14.1. The van der Waals surface area contributed by atoms with Gasteiger partial charge in [-0.1, -0.05) is 18.2 Å². The molecule has 3 aromatic rings. The van der Waals surface area contributed by atoms with Crippen LogP contribution in [-0.2, 0) is 7.05 Å². The number of hydrogen-bond donors (Lipinski definition) is 1. The first-order chi connectivity index (χ1) is 9.66. The van der Waals surface area contributed by atoms with Gasteiger partial charge in [0.05, 0.1) is 17.1 Å². The van der Waals surface area contributed by atoms with Gasteiger partial charge in [-0.25, -0.2) is 4.68 Å². The number of anilines is 1. The van der Waals surface area contributed by atoms with Crippen LogP contribution in [0.1, 0.15) is 5.69 Å². The molecule has 20 heavy (non-hydrogen) atoms. The Labute approximate surface area is 120 Å². The molecule has 2 N–H and O–H groups in total. The summed E-state index contributed by atoms with van der Waals surface area (Å²) in [6, 6.07) is 9.90. The number of benzene rings is 1. The Morgan fingerprint density at radius 1 is 1.20 bits per heavy atom. The average Bonchev–Trinajstić information content (AvgIpc) is 2.99. The Kier molecular flexibility index (Phi) is 3.19. The van der Waals surface area contributed by atoms with Gasteiger partial charge in [-0.05, 0) is 30.8 Å². The van der Waals surface area contributed by atoms with Gasteiger partial charge in [0, 0.05) is 7.05 Å². The average molecular weight is 286 g/mol. The van der Waals surface area contributed by atoms with E-state index in [1.165, 1.54) is 11.8 Å². The third-order valence-corrected chi connectivity index (χ3v) is 4.06. The highest BCUT2D eigenvalue weighted by atomic mass is 32.2. The molecule has 0 atom stereocenters. The van der Waals surface area contributed by atoms with E-state index in [0.29, 0.717) is 5.69 Å². The summed E-state index contributed by atoms with van der Waals surface area (Å²) in [4.78, 5) is 0. The molecule has 2 aromatic heterocycles. The van der Waals surface area contributed by atoms with Gasteiger partial charge >= 0.3 is 0 Å². The van der Waals surface area contributed by atoms with Crippen LogP contribution in [0.3, 0.4) is 0 Å². The summed E-state index contributed by atoms with van der Waals surface area (Å²) in [7, 11) is 1.90. The lowest BCUT2D eigenvalue weighted by atomic mass is 10.3. The molecule has 0 amide bonds. The minimum atomic E-state index is 0.668. The van der Waals surface area contributed by atoms with Gasteiger partial charge in [-0.3, -0.25) is 0 Å². The molecule has 0 bridgehead atoms. The van der Waals surface area contributed by atoms with Gasteiger partial charge in [-0.2, -0.15) is 5.10 Å². The Bertz CT molecular complexity index is 731. The Morgan fingerprint density at radius 3 is 2.60 bits per heavy atom. The van der Waals surface area contributed by atoms with E-state index in [4.69, 9.17) is 5.73 Å². The van der Waals surface area contributed by atoms with Gasteiger partial charge in [0.25, 0.3) is 0 Å². The molecular formula is C13H14N6S. The Morgan fingerprint density at radius 2 is 1.95 bits per heavy atom. The van der Waals surface area contributed by atoms with E-state index >= 15 is 0 Å². The third kappa shape index (κ3) is 2.16. The fraction of sp³-hybridized carbons (Fsp3) is 0.154. The topological polar surface area (TPSA) is 74.5 Å². The maximum atomic E-state index is 6.15. The lowest BCUT2D eigenvalue weighted by Gasteiger charge is -2.07. The van der Waals surface area contributed by atoms with Crippen molar-refractivity contribution in [1.29, 1.82) is 0 Å². The van der Waals surface area contributed by atoms with Crippen LogP contribution in [0.4, 0.5) is 5.69 Å². The number of para-hydroxylation sites is 1. The Hall–Kier alpha value is -2.28. The van der Waals surface area contributed by atoms with Crippen LogP contribution in [0.15, 0.2) is 46.8 Å². The van der Waals surface area contributed by atoms with Crippen molar-refractivity contribution >= 4 is 17.4 Å². The second kappa shape index (κ2) is 5.01. The van der Waals surface area contributed by atoms with Crippen LogP contribution in [-0.4, -0.2) is 24.5 Å². The van der Waals surface area contributed by atoms with E-state index in [1.807, 2.05) is 53.6 Å². The molecular weight excluding hydrogens is 272 g/mol. The summed E-state index contributed by atoms with van der Waals surface area (Å²) >= 11 is 1.45. The SMILES string of the molecule is Cc1nn(-c2ccccc2)c(Sc2nncn2C)c1N. The smallest absolute Gasteiger partial charge is 0.197 e. The third-order valence-electron chi connectivity index (χ3n) is 2.92. The second-order valence-electron chi connectivity index (χ2n) is 4.38. The maximum absolute atomic E-state index is 6.15. The van der Waals surface area contributed by atoms with Crippen LogP contribution >= 0.6 is 11.8 Å². The van der Waals surface area contributed by atoms with Crippen molar-refractivity contribution in [3.8, 4) is 5.69 Å². The predicted octanol–water partition coefficient (Wildman–Crippen LogP) is 2.04. The minimum absolute atomic E-state index is 0.668. The fourth-order valence-corrected chi connectivity index (χ4v) is 2.75. The predicted molar refractivity (Wildman–Crippen MR) is 77.8 cm³/mol. The number of hydrogen-bond acceptors (Lipinski definition) is 5. The van der Waals surface area contributed by atoms with Gasteiger partial charge in [-0.15, -0.1) is 10.2 Å². The van der Waals surface area contributed by atoms with Crippen LogP contribution in [0.25, 0.3) is 5.69 Å². The highest BCUT2D eigenvalue weighted by Gasteiger charge is 2.17. The van der Waals surface area contributed by atoms with Crippen molar-refractivity contribution in [3.05, 3.63) is 42.4 Å². The van der Waals surface area contributed by atoms with Gasteiger partial charge in [0.15, 0.2) is 5.16 Å². The van der Waals surface area contributed by atoms with E-state index in [0.717, 1.165) is 21.6 Å². The molecule has 0 aliphatic rings. The van der Waals surface area contributed by atoms with Crippen molar-refractivity contribution in [2.24, 2.45) is 7.05 Å². The number of aryl methyl sites for hydroxylation is 2. The zero-order valence-electron chi connectivity index (χ0n) is 11.2. The molecule has 6 nitrogen and oxygen atoms in total. The zero-order valence-corrected chi connectivity index (χ0v) is 12.0. The summed E-state index contributed by atoms with van der Waals surface area (Å²) in [6.45, 7) is 1.90. The van der Waals surface area contributed by atoms with Crippen molar-refractivity contribution in [2.45, 2.75) is 17.1 Å². The molecule has 102 valence electrons.